The number of carbonyl (C=O) groups is 2. The fraction of sp³-hybridized carbons (Fsp3) is 0.385. The van der Waals surface area contributed by atoms with E-state index in [2.05, 4.69) is 16.4 Å². The highest BCUT2D eigenvalue weighted by atomic mass is 19.1. The summed E-state index contributed by atoms with van der Waals surface area (Å²) in [6.45, 7) is 7.73. The average molecular weight is 453 g/mol. The van der Waals surface area contributed by atoms with Crippen LogP contribution in [-0.2, 0) is 17.8 Å². The average Bonchev–Trinajstić information content (AvgIpc) is 3.20. The number of aromatic amines is 1. The highest BCUT2D eigenvalue weighted by Crippen LogP contribution is 2.19. The first-order valence-electron chi connectivity index (χ1n) is 11.5. The van der Waals surface area contributed by atoms with E-state index in [9.17, 15) is 14.0 Å². The zero-order valence-electron chi connectivity index (χ0n) is 19.6. The van der Waals surface area contributed by atoms with E-state index in [-0.39, 0.29) is 30.2 Å². The Kier molecular flexibility index (Phi) is 8.46. The lowest BCUT2D eigenvalue weighted by Crippen LogP contribution is -2.48. The van der Waals surface area contributed by atoms with E-state index < -0.39 is 0 Å². The lowest BCUT2D eigenvalue weighted by molar-refractivity contribution is -0.132. The summed E-state index contributed by atoms with van der Waals surface area (Å²) < 4.78 is 13.4. The molecule has 0 unspecified atom stereocenters. The molecule has 0 bridgehead atoms. The predicted octanol–water partition coefficient (Wildman–Crippen LogP) is 4.57. The van der Waals surface area contributed by atoms with Gasteiger partial charge in [0.15, 0.2) is 0 Å². The number of rotatable bonds is 10. The van der Waals surface area contributed by atoms with Gasteiger partial charge in [-0.05, 0) is 48.6 Å². The van der Waals surface area contributed by atoms with Crippen LogP contribution in [0.15, 0.2) is 54.7 Å². The van der Waals surface area contributed by atoms with Crippen LogP contribution in [0, 0.1) is 11.7 Å². The van der Waals surface area contributed by atoms with E-state index in [1.165, 1.54) is 12.1 Å². The van der Waals surface area contributed by atoms with Crippen molar-refractivity contribution in [2.75, 3.05) is 26.2 Å². The van der Waals surface area contributed by atoms with Crippen LogP contribution in [0.4, 0.5) is 9.18 Å². The van der Waals surface area contributed by atoms with Gasteiger partial charge in [-0.15, -0.1) is 0 Å². The molecule has 7 heteroatoms. The fourth-order valence-electron chi connectivity index (χ4n) is 3.88. The molecular weight excluding hydrogens is 419 g/mol. The molecule has 0 aliphatic carbocycles. The number of carbonyl (C=O) groups excluding carboxylic acids is 2. The number of aromatic nitrogens is 1. The number of fused-ring (bicyclic) bond motifs is 1. The molecule has 33 heavy (non-hydrogen) atoms. The van der Waals surface area contributed by atoms with E-state index in [0.29, 0.717) is 32.6 Å². The van der Waals surface area contributed by atoms with Gasteiger partial charge >= 0.3 is 6.03 Å². The first kappa shape index (κ1) is 24.3. The highest BCUT2D eigenvalue weighted by molar-refractivity contribution is 5.85. The van der Waals surface area contributed by atoms with E-state index in [0.717, 1.165) is 22.0 Å². The van der Waals surface area contributed by atoms with Gasteiger partial charge in [-0.25, -0.2) is 9.18 Å². The van der Waals surface area contributed by atoms with Crippen LogP contribution in [0.5, 0.6) is 0 Å². The smallest absolute Gasteiger partial charge is 0.317 e. The van der Waals surface area contributed by atoms with Gasteiger partial charge in [0.1, 0.15) is 12.4 Å². The van der Waals surface area contributed by atoms with Crippen molar-refractivity contribution in [3.05, 3.63) is 71.7 Å². The molecule has 6 nitrogen and oxygen atoms in total. The molecule has 176 valence electrons. The molecule has 0 fully saturated rings. The Morgan fingerprint density at radius 1 is 1.06 bits per heavy atom. The molecule has 0 radical (unpaired) electrons. The minimum Gasteiger partial charge on any atom is -0.361 e. The third-order valence-electron chi connectivity index (χ3n) is 5.49. The Bertz CT molecular complexity index is 1060. The van der Waals surface area contributed by atoms with E-state index in [4.69, 9.17) is 0 Å². The van der Waals surface area contributed by atoms with Crippen LogP contribution in [-0.4, -0.2) is 52.9 Å². The van der Waals surface area contributed by atoms with Gasteiger partial charge in [0.25, 0.3) is 0 Å². The summed E-state index contributed by atoms with van der Waals surface area (Å²) in [6.07, 6.45) is 2.65. The Labute approximate surface area is 194 Å². The molecule has 1 aromatic heterocycles. The van der Waals surface area contributed by atoms with Gasteiger partial charge in [-0.2, -0.15) is 0 Å². The molecular formula is C26H33FN4O2. The van der Waals surface area contributed by atoms with Crippen molar-refractivity contribution in [1.82, 2.24) is 20.1 Å². The summed E-state index contributed by atoms with van der Waals surface area (Å²) in [5.41, 5.74) is 3.03. The highest BCUT2D eigenvalue weighted by Gasteiger charge is 2.22. The van der Waals surface area contributed by atoms with Gasteiger partial charge in [-0.3, -0.25) is 4.79 Å². The van der Waals surface area contributed by atoms with Crippen LogP contribution >= 0.6 is 0 Å². The third-order valence-corrected chi connectivity index (χ3v) is 5.49. The van der Waals surface area contributed by atoms with E-state index in [1.807, 2.05) is 45.2 Å². The number of H-pyrrole nitrogens is 1. The van der Waals surface area contributed by atoms with Crippen molar-refractivity contribution in [2.24, 2.45) is 5.92 Å². The molecule has 2 aromatic carbocycles. The van der Waals surface area contributed by atoms with E-state index in [1.54, 1.807) is 21.9 Å². The molecule has 0 saturated heterocycles. The Hall–Kier alpha value is -3.35. The second-order valence-electron chi connectivity index (χ2n) is 8.66. The van der Waals surface area contributed by atoms with Gasteiger partial charge in [-0.1, -0.05) is 44.2 Å². The zero-order chi connectivity index (χ0) is 23.8. The standard InChI is InChI=1S/C26H33FN4O2/c1-4-28-26(33)31(16-19(2)3)18-25(32)30(17-20-9-11-22(27)12-10-20)14-13-21-15-29-24-8-6-5-7-23(21)24/h5-12,15,19,29H,4,13-14,16-18H2,1-3H3,(H,28,33). The van der Waals surface area contributed by atoms with Crippen LogP contribution in [0.1, 0.15) is 31.9 Å². The molecule has 0 aliphatic rings. The van der Waals surface area contributed by atoms with Gasteiger partial charge in [0, 0.05) is 43.3 Å². The second kappa shape index (κ2) is 11.5. The molecule has 0 saturated carbocycles. The monoisotopic (exact) mass is 452 g/mol. The zero-order valence-corrected chi connectivity index (χ0v) is 19.6. The topological polar surface area (TPSA) is 68.4 Å². The first-order valence-corrected chi connectivity index (χ1v) is 11.5. The van der Waals surface area contributed by atoms with Crippen LogP contribution in [0.3, 0.4) is 0 Å². The fourth-order valence-corrected chi connectivity index (χ4v) is 3.88. The minimum atomic E-state index is -0.310. The van der Waals surface area contributed by atoms with Crippen molar-refractivity contribution in [3.63, 3.8) is 0 Å². The van der Waals surface area contributed by atoms with Crippen LogP contribution < -0.4 is 5.32 Å². The predicted molar refractivity (Wildman–Crippen MR) is 129 cm³/mol. The van der Waals surface area contributed by atoms with Crippen molar-refractivity contribution >= 4 is 22.8 Å². The molecule has 1 heterocycles. The number of benzene rings is 2. The number of nitrogens with zero attached hydrogens (tertiary/aromatic N) is 2. The summed E-state index contributed by atoms with van der Waals surface area (Å²) in [7, 11) is 0. The number of halogens is 1. The summed E-state index contributed by atoms with van der Waals surface area (Å²) in [4.78, 5) is 32.5. The van der Waals surface area contributed by atoms with E-state index >= 15 is 0 Å². The maximum Gasteiger partial charge on any atom is 0.317 e. The number of hydrogen-bond donors (Lipinski definition) is 2. The Morgan fingerprint density at radius 3 is 2.48 bits per heavy atom. The summed E-state index contributed by atoms with van der Waals surface area (Å²) in [5, 5.41) is 3.93. The number of amides is 3. The molecule has 0 aliphatic heterocycles. The van der Waals surface area contributed by atoms with Gasteiger partial charge < -0.3 is 20.1 Å². The largest absolute Gasteiger partial charge is 0.361 e. The maximum atomic E-state index is 13.4. The SMILES string of the molecule is CCNC(=O)N(CC(=O)N(CCc1c[nH]c2ccccc12)Cc1ccc(F)cc1)CC(C)C. The quantitative estimate of drug-likeness (QED) is 0.473. The lowest BCUT2D eigenvalue weighted by atomic mass is 10.1. The van der Waals surface area contributed by atoms with Gasteiger partial charge in [0.05, 0.1) is 0 Å². The number of urea groups is 1. The number of para-hydroxylation sites is 1. The molecule has 0 spiro atoms. The molecule has 3 rings (SSSR count). The van der Waals surface area contributed by atoms with Crippen LogP contribution in [0.25, 0.3) is 10.9 Å². The molecule has 3 amide bonds. The number of hydrogen-bond acceptors (Lipinski definition) is 2. The van der Waals surface area contributed by atoms with Crippen molar-refractivity contribution in [3.8, 4) is 0 Å². The minimum absolute atomic E-state index is 0.000900. The second-order valence-corrected chi connectivity index (χ2v) is 8.66. The van der Waals surface area contributed by atoms with Crippen molar-refractivity contribution in [1.29, 1.82) is 0 Å². The van der Waals surface area contributed by atoms with Crippen LogP contribution in [0.2, 0.25) is 0 Å². The lowest BCUT2D eigenvalue weighted by Gasteiger charge is -2.29. The summed E-state index contributed by atoms with van der Waals surface area (Å²) in [6, 6.07) is 14.0. The molecule has 3 aromatic rings. The van der Waals surface area contributed by atoms with Gasteiger partial charge in [0.2, 0.25) is 5.91 Å². The first-order chi connectivity index (χ1) is 15.9. The molecule has 2 N–H and O–H groups in total. The Morgan fingerprint density at radius 2 is 1.79 bits per heavy atom. The normalized spacial score (nSPS) is 11.1. The third kappa shape index (κ3) is 6.81. The maximum absolute atomic E-state index is 13.4. The summed E-state index contributed by atoms with van der Waals surface area (Å²) >= 11 is 0. The molecule has 0 atom stereocenters. The number of nitrogens with one attached hydrogen (secondary N) is 2. The van der Waals surface area contributed by atoms with Crippen molar-refractivity contribution in [2.45, 2.75) is 33.7 Å². The summed E-state index contributed by atoms with van der Waals surface area (Å²) in [5.74, 6) is -0.210. The Balaban J connectivity index is 1.77. The van der Waals surface area contributed by atoms with Crippen molar-refractivity contribution < 1.29 is 14.0 Å².